The molecule has 0 saturated carbocycles. The lowest BCUT2D eigenvalue weighted by molar-refractivity contribution is -0.127. The smallest absolute Gasteiger partial charge is 0.339 e. The summed E-state index contributed by atoms with van der Waals surface area (Å²) in [5, 5.41) is 18.4. The van der Waals surface area contributed by atoms with Crippen LogP contribution in [0.2, 0.25) is 0 Å². The Labute approximate surface area is 777 Å². The van der Waals surface area contributed by atoms with Crippen molar-refractivity contribution < 1.29 is 104 Å². The first-order valence-electron chi connectivity index (χ1n) is 44.6. The number of pyridine rings is 2. The largest absolute Gasteiger partial charge is 0.497 e. The molecule has 4 aliphatic heterocycles. The molecular formula is C108H88N6O22. The maximum atomic E-state index is 17.6. The first-order valence-corrected chi connectivity index (χ1v) is 44.6. The number of aliphatic hydroxyl groups is 1. The van der Waals surface area contributed by atoms with Gasteiger partial charge in [0.2, 0.25) is 5.91 Å². The van der Waals surface area contributed by atoms with Gasteiger partial charge in [0.1, 0.15) is 129 Å². The van der Waals surface area contributed by atoms with Crippen LogP contribution in [-0.2, 0) is 41.4 Å². The summed E-state index contributed by atoms with van der Waals surface area (Å²) in [6.45, 7) is 8.43. The Morgan fingerprint density at radius 1 is 0.404 bits per heavy atom. The van der Waals surface area contributed by atoms with Crippen LogP contribution in [0.4, 0.5) is 11.4 Å². The van der Waals surface area contributed by atoms with Crippen LogP contribution >= 0.6 is 0 Å². The lowest BCUT2D eigenvalue weighted by Crippen LogP contribution is -2.56. The molecule has 1 N–H and O–H groups in total. The minimum atomic E-state index is -2.10. The Hall–Kier alpha value is -16.2. The fraction of sp³-hybridized carbons (Fsp3) is 0.213. The highest BCUT2D eigenvalue weighted by atomic mass is 16.6. The first-order chi connectivity index (χ1) is 66.2. The van der Waals surface area contributed by atoms with E-state index in [1.54, 1.807) is 115 Å². The molecule has 5 amide bonds. The van der Waals surface area contributed by atoms with Crippen LogP contribution in [0.25, 0.3) is 87.0 Å². The van der Waals surface area contributed by atoms with E-state index in [1.807, 2.05) is 100 Å². The zero-order chi connectivity index (χ0) is 93.6. The lowest BCUT2D eigenvalue weighted by atomic mass is 9.80. The predicted molar refractivity (Wildman–Crippen MR) is 507 cm³/mol. The monoisotopic (exact) mass is 1820 g/mol. The van der Waals surface area contributed by atoms with Crippen LogP contribution in [0.1, 0.15) is 102 Å². The third-order valence-electron chi connectivity index (χ3n) is 25.0. The van der Waals surface area contributed by atoms with Gasteiger partial charge in [-0.3, -0.25) is 43.7 Å². The number of hydrogen-bond donors (Lipinski definition) is 1. The van der Waals surface area contributed by atoms with Gasteiger partial charge >= 0.3 is 11.9 Å². The van der Waals surface area contributed by atoms with Crippen molar-refractivity contribution in [2.75, 3.05) is 77.8 Å². The van der Waals surface area contributed by atoms with Gasteiger partial charge in [0.25, 0.3) is 23.6 Å². The van der Waals surface area contributed by atoms with Gasteiger partial charge in [-0.15, -0.1) is 0 Å². The van der Waals surface area contributed by atoms with E-state index in [1.165, 1.54) is 93.4 Å². The molecular weight excluding hydrogens is 1730 g/mol. The molecule has 0 aliphatic carbocycles. The van der Waals surface area contributed by atoms with Crippen molar-refractivity contribution in [3.63, 3.8) is 0 Å². The van der Waals surface area contributed by atoms with Crippen LogP contribution in [0, 0.1) is 11.8 Å². The molecule has 28 heteroatoms. The topological polar surface area (TPSA) is 322 Å². The van der Waals surface area contributed by atoms with Crippen LogP contribution in [0.3, 0.4) is 0 Å². The lowest BCUT2D eigenvalue weighted by Gasteiger charge is -2.41. The number of methoxy groups -OCH3 is 4. The van der Waals surface area contributed by atoms with Crippen molar-refractivity contribution in [1.29, 1.82) is 0 Å². The summed E-state index contributed by atoms with van der Waals surface area (Å²) in [6.07, 6.45) is 2.27. The zero-order valence-corrected chi connectivity index (χ0v) is 75.0. The molecule has 13 aromatic carbocycles. The third kappa shape index (κ3) is 15.9. The van der Waals surface area contributed by atoms with Crippen molar-refractivity contribution in [1.82, 2.24) is 19.8 Å². The number of rotatable bonds is 32. The number of anilines is 2. The second-order valence-corrected chi connectivity index (χ2v) is 34.8. The summed E-state index contributed by atoms with van der Waals surface area (Å²) in [4.78, 5) is 129. The number of ether oxygens (including phenoxy) is 12. The Morgan fingerprint density at radius 2 is 0.765 bits per heavy atom. The minimum Gasteiger partial charge on any atom is -0.497 e. The SMILES string of the molecule is COc1cccc(Oc2cc3c4c(cc(Oc5cccc(OC)c5)c5c6c(Oc7cccc(OC)c7)cc7c8c(cc(Oc9cccc(OC)c9)c(c2c45)c86)C(=O)N(C(Cc2cccc4c2oc2ccccc24)C(=O)N(CC(C)C)c2cncc(C(=O)OCC4CO4)c2)C7O)C(=O)N(C(Cc2cccc4c2oc2ccccc24)C(=O)N(CC(C)C)c2cncc(C(=O)OCC4CO4)c2)C3=O)c1. The number of amides is 5. The predicted octanol–water partition coefficient (Wildman–Crippen LogP) is 20.3. The number of esters is 2. The minimum absolute atomic E-state index is 0.000830. The zero-order valence-electron chi connectivity index (χ0n) is 75.0. The number of para-hydroxylation sites is 4. The van der Waals surface area contributed by atoms with Gasteiger partial charge < -0.3 is 80.6 Å². The fourth-order valence-corrected chi connectivity index (χ4v) is 18.6. The standard InChI is InChI=1S/C108H88N6O22/c1-57(2)51-111(63-35-61(47-109-49-63)107(121)129-55-73-53-127-73)105(119)83(37-59-19-13-31-77-75-29-9-11-33-85(75)135-99(59)77)113-101(115)79-43-87(131-69-25-15-21-65(39-69)123-5)93-95-89(133-71-27-17-23-67(41-71)125-7)45-81-92-82(46-90(134-72-28-18-24-68(42-72)126-8)96(98(92)95)94-88(44-80(102(113)116)91(79)97(93)94)132-70-26-16-22-66(40-70)124-6)104(118)114(103(81)117)84(38-60-20-14-32-78-76-30-10-12-34-86(76)136-100(60)78)106(120)112(52-58(3)4)64-36-62(48-110-50-64)108(122)130-56-74-54-128-74/h9-36,39-50,57-58,73-74,83-84,101,115H,37-38,51-56H2,1-8H3. The Morgan fingerprint density at radius 3 is 1.17 bits per heavy atom. The van der Waals surface area contributed by atoms with Gasteiger partial charge in [-0.25, -0.2) is 9.59 Å². The maximum absolute atomic E-state index is 17.6. The van der Waals surface area contributed by atoms with Gasteiger partial charge in [-0.2, -0.15) is 0 Å². The van der Waals surface area contributed by atoms with E-state index in [0.717, 1.165) is 20.6 Å². The van der Waals surface area contributed by atoms with E-state index in [-0.39, 0.29) is 197 Å². The first kappa shape index (κ1) is 86.5. The fourth-order valence-electron chi connectivity index (χ4n) is 18.6. The second-order valence-electron chi connectivity index (χ2n) is 34.8. The van der Waals surface area contributed by atoms with Crippen LogP contribution in [0.15, 0.2) is 252 Å². The Balaban J connectivity index is 0.852. The molecule has 0 spiro atoms. The molecule has 136 heavy (non-hydrogen) atoms. The second kappa shape index (κ2) is 35.4. The van der Waals surface area contributed by atoms with Gasteiger partial charge in [0.05, 0.1) is 93.2 Å². The normalized spacial score (nSPS) is 15.4. The molecule has 2 saturated heterocycles. The van der Waals surface area contributed by atoms with E-state index in [9.17, 15) is 14.7 Å². The van der Waals surface area contributed by atoms with Crippen molar-refractivity contribution in [2.24, 2.45) is 11.8 Å². The highest BCUT2D eigenvalue weighted by Crippen LogP contribution is 2.60. The quantitative estimate of drug-likeness (QED) is 0.0135. The molecule has 0 bridgehead atoms. The molecule has 8 heterocycles. The van der Waals surface area contributed by atoms with E-state index in [4.69, 9.17) is 65.7 Å². The number of carbonyl (C=O) groups is 7. The van der Waals surface area contributed by atoms with Gasteiger partial charge in [-0.1, -0.05) is 125 Å². The number of hydrogen-bond acceptors (Lipinski definition) is 24. The summed E-state index contributed by atoms with van der Waals surface area (Å²) in [7, 11) is 6.00. The van der Waals surface area contributed by atoms with Gasteiger partial charge in [-0.05, 0) is 120 Å². The molecule has 682 valence electrons. The summed E-state index contributed by atoms with van der Waals surface area (Å²) in [5.74, 6) is -4.41. The number of benzene rings is 13. The molecule has 5 unspecified atom stereocenters. The number of imide groups is 1. The highest BCUT2D eigenvalue weighted by Gasteiger charge is 2.49. The number of aliphatic hydroxyl groups excluding tert-OH is 1. The summed E-state index contributed by atoms with van der Waals surface area (Å²) < 4.78 is 89.0. The molecule has 28 nitrogen and oxygen atoms in total. The van der Waals surface area contributed by atoms with E-state index < -0.39 is 59.8 Å². The number of nitrogens with zero attached hydrogens (tertiary/aromatic N) is 6. The average molecular weight is 1820 g/mol. The molecule has 4 aliphatic rings. The molecule has 2 fully saturated rings. The molecule has 0 radical (unpaired) electrons. The summed E-state index contributed by atoms with van der Waals surface area (Å²) in [5.41, 5.74) is 2.78. The number of fused-ring (bicyclic) bond motifs is 8. The van der Waals surface area contributed by atoms with Crippen molar-refractivity contribution in [3.05, 3.63) is 288 Å². The molecule has 5 atom stereocenters. The van der Waals surface area contributed by atoms with Crippen molar-refractivity contribution in [2.45, 2.75) is 71.1 Å². The van der Waals surface area contributed by atoms with E-state index in [2.05, 4.69) is 9.97 Å². The Bertz CT molecular complexity index is 7620. The Kier molecular flexibility index (Phi) is 22.5. The molecule has 17 aromatic rings. The highest BCUT2D eigenvalue weighted by molar-refractivity contribution is 6.44. The van der Waals surface area contributed by atoms with Crippen LogP contribution in [-0.4, -0.2) is 159 Å². The number of aromatic nitrogens is 2. The van der Waals surface area contributed by atoms with E-state index >= 15 is 24.0 Å². The maximum Gasteiger partial charge on any atom is 0.339 e. The van der Waals surface area contributed by atoms with Gasteiger partial charge in [0.15, 0.2) is 6.23 Å². The van der Waals surface area contributed by atoms with Crippen molar-refractivity contribution in [3.8, 4) is 69.0 Å². The van der Waals surface area contributed by atoms with Gasteiger partial charge in [0, 0.05) is 133 Å². The van der Waals surface area contributed by atoms with Crippen molar-refractivity contribution >= 4 is 140 Å². The summed E-state index contributed by atoms with van der Waals surface area (Å²) in [6, 6.07) is 58.8. The van der Waals surface area contributed by atoms with Crippen LogP contribution < -0.4 is 47.7 Å². The average Bonchev–Trinajstić information content (AvgIpc) is 0.985. The summed E-state index contributed by atoms with van der Waals surface area (Å²) >= 11 is 0. The number of epoxide rings is 2. The van der Waals surface area contributed by atoms with Crippen LogP contribution in [0.5, 0.6) is 69.0 Å². The molecule has 21 rings (SSSR count). The number of furan rings is 2. The molecule has 4 aromatic heterocycles. The third-order valence-corrected chi connectivity index (χ3v) is 25.0. The number of carbonyl (C=O) groups excluding carboxylic acids is 7. The van der Waals surface area contributed by atoms with E-state index in [0.29, 0.717) is 80.4 Å².